The number of hydrogen-bond acceptors (Lipinski definition) is 2. The molecule has 1 atom stereocenters. The summed E-state index contributed by atoms with van der Waals surface area (Å²) in [7, 11) is 0. The minimum absolute atomic E-state index is 0.212. The quantitative estimate of drug-likeness (QED) is 0.166. The molecule has 0 aliphatic carbocycles. The minimum atomic E-state index is -0.212. The number of para-hydroxylation sites is 6. The van der Waals surface area contributed by atoms with Gasteiger partial charge in [0.1, 0.15) is 5.84 Å². The fourth-order valence-corrected chi connectivity index (χ4v) is 11.7. The van der Waals surface area contributed by atoms with Crippen molar-refractivity contribution in [2.45, 2.75) is 6.04 Å². The molecule has 5 nitrogen and oxygen atoms in total. The molecule has 332 valence electrons. The first-order valence-corrected chi connectivity index (χ1v) is 24.4. The first-order valence-electron chi connectivity index (χ1n) is 24.4. The molecule has 0 bridgehead atoms. The van der Waals surface area contributed by atoms with Crippen LogP contribution in [0.1, 0.15) is 22.7 Å². The predicted molar refractivity (Wildman–Crippen MR) is 298 cm³/mol. The van der Waals surface area contributed by atoms with E-state index in [0.717, 1.165) is 67.4 Å². The number of hydrogen-bond donors (Lipinski definition) is 1. The van der Waals surface area contributed by atoms with Crippen molar-refractivity contribution < 1.29 is 0 Å². The van der Waals surface area contributed by atoms with E-state index in [2.05, 4.69) is 268 Å². The molecule has 71 heavy (non-hydrogen) atoms. The zero-order valence-electron chi connectivity index (χ0n) is 38.5. The van der Waals surface area contributed by atoms with Crippen molar-refractivity contribution in [2.75, 3.05) is 0 Å². The van der Waals surface area contributed by atoms with Crippen LogP contribution in [0.5, 0.6) is 0 Å². The Morgan fingerprint density at radius 2 is 0.676 bits per heavy atom. The molecule has 0 saturated heterocycles. The van der Waals surface area contributed by atoms with Crippen molar-refractivity contribution in [2.24, 2.45) is 4.99 Å². The number of aromatic nitrogens is 3. The van der Waals surface area contributed by atoms with Crippen LogP contribution in [-0.4, -0.2) is 19.5 Å². The first-order chi connectivity index (χ1) is 35.2. The zero-order chi connectivity index (χ0) is 46.6. The largest absolute Gasteiger partial charge is 0.359 e. The molecule has 14 aromatic rings. The summed E-state index contributed by atoms with van der Waals surface area (Å²) in [5.74, 6) is 0.806. The predicted octanol–water partition coefficient (Wildman–Crippen LogP) is 16.4. The average Bonchev–Trinajstić information content (AvgIpc) is 4.08. The number of amidine groups is 1. The Hall–Kier alpha value is -9.45. The Labute approximate surface area is 409 Å². The van der Waals surface area contributed by atoms with Crippen molar-refractivity contribution >= 4 is 98.5 Å². The number of fused-ring (bicyclic) bond motifs is 11. The van der Waals surface area contributed by atoms with Gasteiger partial charge in [-0.2, -0.15) is 0 Å². The fraction of sp³-hybridized carbons (Fsp3) is 0.0152. The standard InChI is InChI=1S/C66H43N5/c1-3-19-49-43(17-1)37-44-18-2-4-20-50(44)65(49)58-41-57(42-33-35-46(36-34-42)69-59-27-11-5-21-51(59)52-22-6-12-28-60(52)69)67-66(68-58)45-38-47(70-61-29-13-7-23-53(61)54-24-8-14-30-62(54)70)40-48(39-45)71-63-31-15-9-25-55(63)56-26-10-16-32-64(56)71/h1-41,57H,(H,67,68). The Bertz CT molecular complexity index is 4210. The highest BCUT2D eigenvalue weighted by Crippen LogP contribution is 2.41. The summed E-state index contributed by atoms with van der Waals surface area (Å²) in [6, 6.07) is 88.1. The van der Waals surface area contributed by atoms with E-state index in [1.807, 2.05) is 0 Å². The molecule has 0 spiro atoms. The summed E-state index contributed by atoms with van der Waals surface area (Å²) in [4.78, 5) is 5.76. The van der Waals surface area contributed by atoms with Crippen LogP contribution in [0, 0.1) is 0 Å². The molecule has 15 rings (SSSR count). The summed E-state index contributed by atoms with van der Waals surface area (Å²) in [6.07, 6.45) is 2.33. The van der Waals surface area contributed by atoms with Gasteiger partial charge in [0.15, 0.2) is 0 Å². The van der Waals surface area contributed by atoms with E-state index in [9.17, 15) is 0 Å². The van der Waals surface area contributed by atoms with Crippen molar-refractivity contribution in [3.05, 3.63) is 265 Å². The second kappa shape index (κ2) is 15.5. The van der Waals surface area contributed by atoms with Crippen LogP contribution in [0.3, 0.4) is 0 Å². The lowest BCUT2D eigenvalue weighted by molar-refractivity contribution is 0.780. The van der Waals surface area contributed by atoms with Gasteiger partial charge in [-0.05, 0) is 106 Å². The fourth-order valence-electron chi connectivity index (χ4n) is 11.7. The van der Waals surface area contributed by atoms with Crippen LogP contribution in [0.25, 0.3) is 110 Å². The average molecular weight is 906 g/mol. The Balaban J connectivity index is 0.977. The molecular formula is C66H43N5. The third kappa shape index (κ3) is 6.09. The molecule has 11 aromatic carbocycles. The van der Waals surface area contributed by atoms with Crippen LogP contribution in [0.15, 0.2) is 254 Å². The maximum atomic E-state index is 5.76. The van der Waals surface area contributed by atoms with Gasteiger partial charge in [-0.25, -0.2) is 4.99 Å². The number of aliphatic imine (C=N–C) groups is 1. The van der Waals surface area contributed by atoms with Gasteiger partial charge in [-0.15, -0.1) is 0 Å². The summed E-state index contributed by atoms with van der Waals surface area (Å²) < 4.78 is 7.24. The monoisotopic (exact) mass is 905 g/mol. The van der Waals surface area contributed by atoms with Gasteiger partial charge in [-0.1, -0.05) is 170 Å². The van der Waals surface area contributed by atoms with Gasteiger partial charge in [0.2, 0.25) is 0 Å². The van der Waals surface area contributed by atoms with E-state index in [4.69, 9.17) is 4.99 Å². The molecule has 0 fully saturated rings. The van der Waals surface area contributed by atoms with E-state index < -0.39 is 0 Å². The van der Waals surface area contributed by atoms with Gasteiger partial charge in [0, 0.05) is 60.5 Å². The molecular weight excluding hydrogens is 863 g/mol. The Morgan fingerprint density at radius 1 is 0.324 bits per heavy atom. The van der Waals surface area contributed by atoms with Gasteiger partial charge in [0.05, 0.1) is 44.8 Å². The van der Waals surface area contributed by atoms with Crippen molar-refractivity contribution in [1.29, 1.82) is 0 Å². The molecule has 3 aromatic heterocycles. The smallest absolute Gasteiger partial charge is 0.134 e. The molecule has 4 heterocycles. The first kappa shape index (κ1) is 39.5. The minimum Gasteiger partial charge on any atom is -0.359 e. The van der Waals surface area contributed by atoms with Gasteiger partial charge >= 0.3 is 0 Å². The highest BCUT2D eigenvalue weighted by molar-refractivity contribution is 6.15. The van der Waals surface area contributed by atoms with Crippen LogP contribution in [0.2, 0.25) is 0 Å². The molecule has 1 unspecified atom stereocenters. The van der Waals surface area contributed by atoms with Gasteiger partial charge in [-0.3, -0.25) is 0 Å². The SMILES string of the molecule is C1=C(c2c3ccccc3cc3ccccc23)N=C(c2cc(-n3c4ccccc4c4ccccc43)cc(-n3c4ccccc4c4ccccc43)c2)NC1c1ccc(-n2c3ccccc3c3ccccc32)cc1. The highest BCUT2D eigenvalue weighted by Gasteiger charge is 2.25. The molecule has 1 aliphatic heterocycles. The zero-order valence-corrected chi connectivity index (χ0v) is 38.5. The second-order valence-corrected chi connectivity index (χ2v) is 18.8. The van der Waals surface area contributed by atoms with Crippen LogP contribution >= 0.6 is 0 Å². The summed E-state index contributed by atoms with van der Waals surface area (Å²) in [5.41, 5.74) is 14.4. The maximum absolute atomic E-state index is 5.76. The summed E-state index contributed by atoms with van der Waals surface area (Å²) in [6.45, 7) is 0. The van der Waals surface area contributed by atoms with E-state index >= 15 is 0 Å². The second-order valence-electron chi connectivity index (χ2n) is 18.8. The summed E-state index contributed by atoms with van der Waals surface area (Å²) >= 11 is 0. The highest BCUT2D eigenvalue weighted by atomic mass is 15.1. The number of nitrogens with zero attached hydrogens (tertiary/aromatic N) is 4. The van der Waals surface area contributed by atoms with Gasteiger partial charge < -0.3 is 19.0 Å². The number of nitrogens with one attached hydrogen (secondary N) is 1. The summed E-state index contributed by atoms with van der Waals surface area (Å²) in [5, 5.41) is 16.1. The van der Waals surface area contributed by atoms with E-state index in [0.29, 0.717) is 0 Å². The Kier molecular flexibility index (Phi) is 8.65. The normalized spacial score (nSPS) is 14.1. The lowest BCUT2D eigenvalue weighted by atomic mass is 9.92. The Morgan fingerprint density at radius 3 is 1.08 bits per heavy atom. The van der Waals surface area contributed by atoms with Crippen LogP contribution < -0.4 is 5.32 Å². The van der Waals surface area contributed by atoms with Gasteiger partial charge in [0.25, 0.3) is 0 Å². The molecule has 0 saturated carbocycles. The van der Waals surface area contributed by atoms with Crippen molar-refractivity contribution in [3.8, 4) is 17.1 Å². The molecule has 0 radical (unpaired) electrons. The lowest BCUT2D eigenvalue weighted by Gasteiger charge is -2.26. The van der Waals surface area contributed by atoms with Crippen LogP contribution in [0.4, 0.5) is 0 Å². The molecule has 1 N–H and O–H groups in total. The van der Waals surface area contributed by atoms with Crippen molar-refractivity contribution in [1.82, 2.24) is 19.0 Å². The van der Waals surface area contributed by atoms with E-state index in [1.54, 1.807) is 0 Å². The molecule has 0 amide bonds. The van der Waals surface area contributed by atoms with Crippen molar-refractivity contribution in [3.63, 3.8) is 0 Å². The number of benzene rings is 11. The lowest BCUT2D eigenvalue weighted by Crippen LogP contribution is -2.31. The third-order valence-corrected chi connectivity index (χ3v) is 14.8. The van der Waals surface area contributed by atoms with Crippen LogP contribution in [-0.2, 0) is 0 Å². The third-order valence-electron chi connectivity index (χ3n) is 14.8. The molecule has 5 heteroatoms. The van der Waals surface area contributed by atoms with E-state index in [1.165, 1.54) is 64.9 Å². The maximum Gasteiger partial charge on any atom is 0.134 e. The molecule has 1 aliphatic rings. The number of rotatable bonds is 6. The topological polar surface area (TPSA) is 39.2 Å². The van der Waals surface area contributed by atoms with E-state index in [-0.39, 0.29) is 6.04 Å².